The first-order valence-corrected chi connectivity index (χ1v) is 19.5. The predicted molar refractivity (Wildman–Crippen MR) is 186 cm³/mol. The fraction of sp³-hybridized carbons (Fsp3) is 0.658. The van der Waals surface area contributed by atoms with Crippen molar-refractivity contribution in [2.24, 2.45) is 5.41 Å². The second-order valence-electron chi connectivity index (χ2n) is 15.3. The summed E-state index contributed by atoms with van der Waals surface area (Å²) in [7, 11) is -0.524. The maximum atomic E-state index is 11.4. The van der Waals surface area contributed by atoms with E-state index in [1.54, 1.807) is 0 Å². The molecule has 0 saturated heterocycles. The minimum Gasteiger partial charge on any atom is -0.491 e. The zero-order valence-corrected chi connectivity index (χ0v) is 31.1. The first-order valence-electron chi connectivity index (χ1n) is 16.6. The molecule has 6 heteroatoms. The molecular weight excluding hydrogens is 564 g/mol. The van der Waals surface area contributed by atoms with Gasteiger partial charge in [0.2, 0.25) is 0 Å². The molecule has 0 radical (unpaired) electrons. The van der Waals surface area contributed by atoms with E-state index < -0.39 is 14.4 Å². The molecule has 1 N–H and O–H groups in total. The SMILES string of the molecule is CCC(CC)(c1ccc(CCC(O[Si](C)(C)C(C)(C)C)C(C)(C)C)c(C)c1)c1ccc(OCC(O)CCC(=O)OC)c(C)c1. The van der Waals surface area contributed by atoms with Crippen LogP contribution in [0, 0.1) is 19.3 Å². The van der Waals surface area contributed by atoms with Gasteiger partial charge < -0.3 is 19.0 Å². The minimum atomic E-state index is -1.88. The molecule has 0 saturated carbocycles. The van der Waals surface area contributed by atoms with Crippen LogP contribution in [-0.4, -0.2) is 45.3 Å². The molecule has 2 aromatic rings. The van der Waals surface area contributed by atoms with Gasteiger partial charge in [-0.3, -0.25) is 4.79 Å². The van der Waals surface area contributed by atoms with Gasteiger partial charge in [-0.1, -0.05) is 85.7 Å². The van der Waals surface area contributed by atoms with Gasteiger partial charge in [-0.15, -0.1) is 0 Å². The van der Waals surface area contributed by atoms with Crippen LogP contribution in [0.3, 0.4) is 0 Å². The van der Waals surface area contributed by atoms with Crippen molar-refractivity contribution in [1.29, 1.82) is 0 Å². The van der Waals surface area contributed by atoms with E-state index in [0.717, 1.165) is 37.0 Å². The van der Waals surface area contributed by atoms with Crippen LogP contribution in [-0.2, 0) is 25.8 Å². The summed E-state index contributed by atoms with van der Waals surface area (Å²) in [4.78, 5) is 11.4. The number of hydrogen-bond donors (Lipinski definition) is 1. The van der Waals surface area contributed by atoms with E-state index in [9.17, 15) is 9.90 Å². The molecule has 2 unspecified atom stereocenters. The lowest BCUT2D eigenvalue weighted by Gasteiger charge is -2.43. The standard InChI is InChI=1S/C38H62O5Si/c1-14-38(15-2,31-19-21-33(28(4)25-31)42-26-32(39)20-23-35(40)41-11)30-18-16-29(27(3)24-30)17-22-34(36(5,6)7)43-44(12,13)37(8,9)10/h16,18-19,21,24-25,32,34,39H,14-15,17,20,22-23,26H2,1-13H3. The fourth-order valence-corrected chi connectivity index (χ4v) is 7.30. The first kappa shape index (κ1) is 38.0. The molecule has 0 spiro atoms. The number of aliphatic hydroxyl groups excluding tert-OH is 1. The number of esters is 1. The molecule has 0 aliphatic rings. The Kier molecular flexibility index (Phi) is 13.3. The van der Waals surface area contributed by atoms with E-state index in [0.29, 0.717) is 6.42 Å². The molecule has 2 rings (SSSR count). The van der Waals surface area contributed by atoms with E-state index in [1.165, 1.54) is 29.4 Å². The lowest BCUT2D eigenvalue weighted by Crippen LogP contribution is -2.47. The number of ether oxygens (including phenoxy) is 2. The second-order valence-corrected chi connectivity index (χ2v) is 20.0. The van der Waals surface area contributed by atoms with Crippen LogP contribution in [0.4, 0.5) is 0 Å². The summed E-state index contributed by atoms with van der Waals surface area (Å²) in [5.74, 6) is 0.430. The van der Waals surface area contributed by atoms with Crippen molar-refractivity contribution in [1.82, 2.24) is 0 Å². The minimum absolute atomic E-state index is 0.0812. The Labute approximate surface area is 270 Å². The summed E-state index contributed by atoms with van der Waals surface area (Å²) in [6.07, 6.45) is 3.97. The summed E-state index contributed by atoms with van der Waals surface area (Å²) in [6, 6.07) is 13.5. The molecule has 0 aliphatic carbocycles. The van der Waals surface area contributed by atoms with E-state index in [1.807, 2.05) is 6.07 Å². The average Bonchev–Trinajstić information content (AvgIpc) is 2.93. The third kappa shape index (κ3) is 9.67. The van der Waals surface area contributed by atoms with Gasteiger partial charge in [-0.25, -0.2) is 0 Å². The van der Waals surface area contributed by atoms with Crippen LogP contribution in [0.1, 0.15) is 115 Å². The highest BCUT2D eigenvalue weighted by Gasteiger charge is 2.41. The number of methoxy groups -OCH3 is 1. The maximum Gasteiger partial charge on any atom is 0.305 e. The van der Waals surface area contributed by atoms with Crippen molar-refractivity contribution < 1.29 is 23.8 Å². The zero-order valence-electron chi connectivity index (χ0n) is 30.1. The summed E-state index contributed by atoms with van der Waals surface area (Å²) in [6.45, 7) is 27.6. The van der Waals surface area contributed by atoms with Gasteiger partial charge in [0, 0.05) is 11.8 Å². The normalized spacial score (nSPS) is 14.3. The van der Waals surface area contributed by atoms with Gasteiger partial charge in [-0.2, -0.15) is 0 Å². The Balaban J connectivity index is 2.25. The predicted octanol–water partition coefficient (Wildman–Crippen LogP) is 9.47. The van der Waals surface area contributed by atoms with Crippen LogP contribution >= 0.6 is 0 Å². The average molecular weight is 627 g/mol. The molecule has 2 aromatic carbocycles. The molecular formula is C38H62O5Si. The van der Waals surface area contributed by atoms with Crippen LogP contribution in [0.15, 0.2) is 36.4 Å². The molecule has 0 fully saturated rings. The molecule has 0 aromatic heterocycles. The number of carbonyl (C=O) groups is 1. The van der Waals surface area contributed by atoms with Crippen molar-refractivity contribution in [2.45, 2.75) is 144 Å². The zero-order chi connectivity index (χ0) is 33.5. The highest BCUT2D eigenvalue weighted by Crippen LogP contribution is 2.42. The van der Waals surface area contributed by atoms with Crippen LogP contribution in [0.2, 0.25) is 18.1 Å². The highest BCUT2D eigenvalue weighted by atomic mass is 28.4. The summed E-state index contributed by atoms with van der Waals surface area (Å²) < 4.78 is 17.6. The Bertz CT molecular complexity index is 1220. The van der Waals surface area contributed by atoms with Gasteiger partial charge >= 0.3 is 5.97 Å². The Morgan fingerprint density at radius 2 is 1.45 bits per heavy atom. The smallest absolute Gasteiger partial charge is 0.305 e. The van der Waals surface area contributed by atoms with Crippen LogP contribution in [0.25, 0.3) is 0 Å². The maximum absolute atomic E-state index is 11.4. The topological polar surface area (TPSA) is 65.0 Å². The van der Waals surface area contributed by atoms with Gasteiger partial charge in [-0.05, 0) is 103 Å². The van der Waals surface area contributed by atoms with Gasteiger partial charge in [0.25, 0.3) is 0 Å². The summed E-state index contributed by atoms with van der Waals surface area (Å²) in [5.41, 5.74) is 6.38. The highest BCUT2D eigenvalue weighted by molar-refractivity contribution is 6.74. The van der Waals surface area contributed by atoms with Gasteiger partial charge in [0.05, 0.1) is 19.3 Å². The Morgan fingerprint density at radius 1 is 0.886 bits per heavy atom. The Morgan fingerprint density at radius 3 is 1.93 bits per heavy atom. The van der Waals surface area contributed by atoms with E-state index in [4.69, 9.17) is 9.16 Å². The van der Waals surface area contributed by atoms with Crippen molar-refractivity contribution in [3.8, 4) is 5.75 Å². The molecule has 0 bridgehead atoms. The number of carbonyl (C=O) groups excluding carboxylic acids is 1. The van der Waals surface area contributed by atoms with Crippen molar-refractivity contribution in [3.05, 3.63) is 64.2 Å². The van der Waals surface area contributed by atoms with Gasteiger partial charge in [0.15, 0.2) is 8.32 Å². The summed E-state index contributed by atoms with van der Waals surface area (Å²) >= 11 is 0. The first-order chi connectivity index (χ1) is 20.3. The van der Waals surface area contributed by atoms with Gasteiger partial charge in [0.1, 0.15) is 12.4 Å². The van der Waals surface area contributed by atoms with E-state index in [-0.39, 0.29) is 41.0 Å². The van der Waals surface area contributed by atoms with Crippen molar-refractivity contribution in [3.63, 3.8) is 0 Å². The van der Waals surface area contributed by atoms with Crippen molar-refractivity contribution >= 4 is 14.3 Å². The monoisotopic (exact) mass is 626 g/mol. The van der Waals surface area contributed by atoms with Crippen LogP contribution in [0.5, 0.6) is 5.75 Å². The van der Waals surface area contributed by atoms with Crippen molar-refractivity contribution in [2.75, 3.05) is 13.7 Å². The molecule has 0 amide bonds. The largest absolute Gasteiger partial charge is 0.491 e. The van der Waals surface area contributed by atoms with E-state index in [2.05, 4.69) is 117 Å². The molecule has 2 atom stereocenters. The number of benzene rings is 2. The lowest BCUT2D eigenvalue weighted by molar-refractivity contribution is -0.141. The number of aryl methyl sites for hydroxylation is 3. The third-order valence-corrected chi connectivity index (χ3v) is 14.5. The third-order valence-electron chi connectivity index (χ3n) is 10.1. The van der Waals surface area contributed by atoms with Crippen LogP contribution < -0.4 is 4.74 Å². The molecule has 248 valence electrons. The quantitative estimate of drug-likeness (QED) is 0.158. The Hall–Kier alpha value is -2.15. The fourth-order valence-electron chi connectivity index (χ4n) is 5.76. The molecule has 44 heavy (non-hydrogen) atoms. The second kappa shape index (κ2) is 15.4. The number of hydrogen-bond acceptors (Lipinski definition) is 5. The number of aliphatic hydroxyl groups is 1. The number of rotatable bonds is 15. The lowest BCUT2D eigenvalue weighted by atomic mass is 9.69. The molecule has 0 aliphatic heterocycles. The molecule has 0 heterocycles. The van der Waals surface area contributed by atoms with E-state index >= 15 is 0 Å². The molecule has 5 nitrogen and oxygen atoms in total. The summed E-state index contributed by atoms with van der Waals surface area (Å²) in [5, 5.41) is 10.4.